The number of carbonyl (C=O) groups is 3. The van der Waals surface area contributed by atoms with E-state index in [4.69, 9.17) is 0 Å². The van der Waals surface area contributed by atoms with E-state index in [-0.39, 0.29) is 17.7 Å². The fourth-order valence-corrected chi connectivity index (χ4v) is 3.48. The summed E-state index contributed by atoms with van der Waals surface area (Å²) in [6.45, 7) is 6.83. The first-order chi connectivity index (χ1) is 14.0. The first-order valence-corrected chi connectivity index (χ1v) is 9.97. The number of hydrogen-bond acceptors (Lipinski definition) is 3. The quantitative estimate of drug-likeness (QED) is 0.785. The Labute approximate surface area is 171 Å². The minimum Gasteiger partial charge on any atom is -0.339 e. The molecule has 1 heterocycles. The summed E-state index contributed by atoms with van der Waals surface area (Å²) in [6.07, 6.45) is 0. The first-order valence-electron chi connectivity index (χ1n) is 9.97. The molecule has 2 aromatic rings. The minimum atomic E-state index is -0.0659. The molecular weight excluding hydrogens is 366 g/mol. The lowest BCUT2D eigenvalue weighted by Gasteiger charge is -2.34. The Morgan fingerprint density at radius 2 is 1.38 bits per heavy atom. The molecule has 29 heavy (non-hydrogen) atoms. The Balaban J connectivity index is 1.63. The van der Waals surface area contributed by atoms with Crippen molar-refractivity contribution >= 4 is 17.7 Å². The van der Waals surface area contributed by atoms with Crippen LogP contribution in [0.2, 0.25) is 0 Å². The molecule has 0 unspecified atom stereocenters. The van der Waals surface area contributed by atoms with E-state index in [2.05, 4.69) is 0 Å². The molecule has 0 N–H and O–H groups in total. The van der Waals surface area contributed by atoms with Crippen LogP contribution in [-0.2, 0) is 11.3 Å². The van der Waals surface area contributed by atoms with Crippen molar-refractivity contribution < 1.29 is 14.4 Å². The number of amides is 3. The van der Waals surface area contributed by atoms with Gasteiger partial charge < -0.3 is 14.7 Å². The molecule has 1 saturated heterocycles. The average molecular weight is 393 g/mol. The van der Waals surface area contributed by atoms with Crippen LogP contribution in [0.1, 0.15) is 40.1 Å². The number of piperazine rings is 1. The number of carbonyl (C=O) groups excluding carboxylic acids is 3. The highest BCUT2D eigenvalue weighted by Gasteiger charge is 2.23. The molecule has 3 amide bonds. The highest BCUT2D eigenvalue weighted by Crippen LogP contribution is 2.14. The zero-order valence-electron chi connectivity index (χ0n) is 17.0. The number of rotatable bonds is 5. The van der Waals surface area contributed by atoms with E-state index < -0.39 is 0 Å². The van der Waals surface area contributed by atoms with Crippen LogP contribution in [0.15, 0.2) is 54.6 Å². The Bertz CT molecular complexity index is 857. The molecule has 0 aliphatic carbocycles. The van der Waals surface area contributed by atoms with E-state index >= 15 is 0 Å². The second kappa shape index (κ2) is 9.37. The van der Waals surface area contributed by atoms with E-state index in [1.54, 1.807) is 45.9 Å². The zero-order valence-corrected chi connectivity index (χ0v) is 17.0. The molecule has 2 aromatic carbocycles. The van der Waals surface area contributed by atoms with Crippen LogP contribution < -0.4 is 0 Å². The van der Waals surface area contributed by atoms with Crippen molar-refractivity contribution in [1.29, 1.82) is 0 Å². The number of nitrogens with zero attached hydrogens (tertiary/aromatic N) is 3. The summed E-state index contributed by atoms with van der Waals surface area (Å²) in [7, 11) is 0. The third-order valence-corrected chi connectivity index (χ3v) is 5.28. The minimum absolute atomic E-state index is 0.0379. The molecule has 1 aliphatic heterocycles. The van der Waals surface area contributed by atoms with Crippen molar-refractivity contribution in [1.82, 2.24) is 14.7 Å². The van der Waals surface area contributed by atoms with Crippen LogP contribution in [0.4, 0.5) is 0 Å². The van der Waals surface area contributed by atoms with E-state index in [0.29, 0.717) is 50.4 Å². The lowest BCUT2D eigenvalue weighted by atomic mass is 10.1. The average Bonchev–Trinajstić information content (AvgIpc) is 2.77. The lowest BCUT2D eigenvalue weighted by molar-refractivity contribution is -0.130. The molecular formula is C23H27N3O3. The fraction of sp³-hybridized carbons (Fsp3) is 0.348. The Hall–Kier alpha value is -3.15. The van der Waals surface area contributed by atoms with Crippen LogP contribution in [0.3, 0.4) is 0 Å². The highest BCUT2D eigenvalue weighted by atomic mass is 16.2. The molecule has 1 fully saturated rings. The standard InChI is InChI=1S/C23H27N3O3/c1-3-24(17-19-7-5-4-6-8-19)22(28)20-9-11-21(12-10-20)23(29)26-15-13-25(14-16-26)18(2)27/h4-12H,3,13-17H2,1-2H3. The van der Waals surface area contributed by atoms with Crippen LogP contribution >= 0.6 is 0 Å². The highest BCUT2D eigenvalue weighted by molar-refractivity contribution is 5.98. The van der Waals surface area contributed by atoms with Gasteiger partial charge in [-0.2, -0.15) is 0 Å². The molecule has 3 rings (SSSR count). The molecule has 6 heteroatoms. The first kappa shape index (κ1) is 20.6. The Morgan fingerprint density at radius 1 is 0.828 bits per heavy atom. The molecule has 0 aromatic heterocycles. The van der Waals surface area contributed by atoms with Gasteiger partial charge in [0.15, 0.2) is 0 Å². The lowest BCUT2D eigenvalue weighted by Crippen LogP contribution is -2.50. The Morgan fingerprint density at radius 3 is 1.93 bits per heavy atom. The number of hydrogen-bond donors (Lipinski definition) is 0. The van der Waals surface area contributed by atoms with Crippen LogP contribution in [0.25, 0.3) is 0 Å². The van der Waals surface area contributed by atoms with Gasteiger partial charge in [-0.3, -0.25) is 14.4 Å². The molecule has 0 atom stereocenters. The molecule has 0 radical (unpaired) electrons. The third-order valence-electron chi connectivity index (χ3n) is 5.28. The fourth-order valence-electron chi connectivity index (χ4n) is 3.48. The summed E-state index contributed by atoms with van der Waals surface area (Å²) in [4.78, 5) is 42.3. The molecule has 0 bridgehead atoms. The van der Waals surface area contributed by atoms with Gasteiger partial charge in [0.1, 0.15) is 0 Å². The second-order valence-electron chi connectivity index (χ2n) is 7.18. The molecule has 0 spiro atoms. The maximum absolute atomic E-state index is 12.9. The molecule has 0 saturated carbocycles. The predicted octanol–water partition coefficient (Wildman–Crippen LogP) is 2.65. The maximum Gasteiger partial charge on any atom is 0.254 e. The van der Waals surface area contributed by atoms with Gasteiger partial charge in [-0.15, -0.1) is 0 Å². The van der Waals surface area contributed by atoms with Gasteiger partial charge in [0, 0.05) is 57.3 Å². The van der Waals surface area contributed by atoms with Gasteiger partial charge in [-0.25, -0.2) is 0 Å². The van der Waals surface area contributed by atoms with Gasteiger partial charge in [-0.1, -0.05) is 30.3 Å². The van der Waals surface area contributed by atoms with Gasteiger partial charge >= 0.3 is 0 Å². The van der Waals surface area contributed by atoms with E-state index in [9.17, 15) is 14.4 Å². The monoisotopic (exact) mass is 393 g/mol. The smallest absolute Gasteiger partial charge is 0.254 e. The van der Waals surface area contributed by atoms with E-state index in [1.807, 2.05) is 37.3 Å². The Kier molecular flexibility index (Phi) is 6.65. The van der Waals surface area contributed by atoms with Gasteiger partial charge in [-0.05, 0) is 36.8 Å². The van der Waals surface area contributed by atoms with Gasteiger partial charge in [0.2, 0.25) is 5.91 Å². The van der Waals surface area contributed by atoms with Crippen molar-refractivity contribution in [2.75, 3.05) is 32.7 Å². The zero-order chi connectivity index (χ0) is 20.8. The summed E-state index contributed by atoms with van der Waals surface area (Å²) >= 11 is 0. The van der Waals surface area contributed by atoms with Crippen molar-refractivity contribution in [3.8, 4) is 0 Å². The summed E-state index contributed by atoms with van der Waals surface area (Å²) in [6, 6.07) is 16.7. The van der Waals surface area contributed by atoms with Crippen molar-refractivity contribution in [2.24, 2.45) is 0 Å². The summed E-state index contributed by atoms with van der Waals surface area (Å²) in [5, 5.41) is 0. The van der Waals surface area contributed by atoms with Gasteiger partial charge in [0.25, 0.3) is 11.8 Å². The van der Waals surface area contributed by atoms with Gasteiger partial charge in [0.05, 0.1) is 0 Å². The normalized spacial score (nSPS) is 13.9. The predicted molar refractivity (Wildman–Crippen MR) is 111 cm³/mol. The van der Waals surface area contributed by atoms with Crippen molar-refractivity contribution in [2.45, 2.75) is 20.4 Å². The summed E-state index contributed by atoms with van der Waals surface area (Å²) < 4.78 is 0. The van der Waals surface area contributed by atoms with Crippen LogP contribution in [0, 0.1) is 0 Å². The third kappa shape index (κ3) is 5.02. The van der Waals surface area contributed by atoms with Crippen LogP contribution in [0.5, 0.6) is 0 Å². The van der Waals surface area contributed by atoms with Crippen molar-refractivity contribution in [3.63, 3.8) is 0 Å². The largest absolute Gasteiger partial charge is 0.339 e. The summed E-state index contributed by atoms with van der Waals surface area (Å²) in [5.74, 6) is -0.0785. The van der Waals surface area contributed by atoms with Crippen molar-refractivity contribution in [3.05, 3.63) is 71.3 Å². The van der Waals surface area contributed by atoms with Crippen LogP contribution in [-0.4, -0.2) is 65.1 Å². The van der Waals surface area contributed by atoms with E-state index in [1.165, 1.54) is 0 Å². The second-order valence-corrected chi connectivity index (χ2v) is 7.18. The maximum atomic E-state index is 12.9. The molecule has 152 valence electrons. The molecule has 1 aliphatic rings. The number of benzene rings is 2. The SMILES string of the molecule is CCN(Cc1ccccc1)C(=O)c1ccc(C(=O)N2CCN(C(C)=O)CC2)cc1. The molecule has 6 nitrogen and oxygen atoms in total. The summed E-state index contributed by atoms with van der Waals surface area (Å²) in [5.41, 5.74) is 2.21. The van der Waals surface area contributed by atoms with E-state index in [0.717, 1.165) is 5.56 Å². The topological polar surface area (TPSA) is 60.9 Å².